The first-order chi connectivity index (χ1) is 24.7. The first kappa shape index (κ1) is 38.2. The summed E-state index contributed by atoms with van der Waals surface area (Å²) in [6, 6.07) is 5.75. The van der Waals surface area contributed by atoms with E-state index < -0.39 is 28.9 Å². The molecule has 9 atom stereocenters. The van der Waals surface area contributed by atoms with Crippen LogP contribution < -0.4 is 14.8 Å². The van der Waals surface area contributed by atoms with Gasteiger partial charge >= 0.3 is 11.9 Å². The Bertz CT molecular complexity index is 1710. The van der Waals surface area contributed by atoms with Gasteiger partial charge in [-0.05, 0) is 123 Å². The van der Waals surface area contributed by atoms with Crippen LogP contribution >= 0.6 is 0 Å². The Hall–Kier alpha value is -3.07. The van der Waals surface area contributed by atoms with Crippen LogP contribution in [0.15, 0.2) is 29.3 Å². The second kappa shape index (κ2) is 12.7. The number of carboxylic acids is 1. The highest BCUT2D eigenvalue weighted by atomic mass is 16.7. The van der Waals surface area contributed by atoms with Crippen LogP contribution in [0.25, 0.3) is 0 Å². The SMILES string of the molecule is CC(C)C1=C2C3CCC4C5(C)CCC(OC(=O)CC(C)(C)C(=O)O)C(C)(C)C5CCC4(C)C3(C)CCC2(C(O)CNc2ccc3c(c2)OCO3)CC1=O. The first-order valence-electron chi connectivity index (χ1n) is 20.2. The molecule has 1 aromatic rings. The lowest BCUT2D eigenvalue weighted by atomic mass is 9.33. The molecule has 6 aliphatic rings. The van der Waals surface area contributed by atoms with E-state index in [1.54, 1.807) is 13.8 Å². The number of nitrogens with one attached hydrogen (secondary N) is 1. The van der Waals surface area contributed by atoms with E-state index in [4.69, 9.17) is 14.2 Å². The molecule has 1 aromatic carbocycles. The van der Waals surface area contributed by atoms with Crippen molar-refractivity contribution in [3.8, 4) is 11.5 Å². The number of Topliss-reactive ketones (excluding diaryl/α,β-unsaturated/α-hetero) is 1. The van der Waals surface area contributed by atoms with Gasteiger partial charge in [-0.1, -0.05) is 54.0 Å². The van der Waals surface area contributed by atoms with Gasteiger partial charge in [0.1, 0.15) is 6.10 Å². The lowest BCUT2D eigenvalue weighted by Crippen LogP contribution is -2.66. The molecule has 0 spiro atoms. The quantitative estimate of drug-likeness (QED) is 0.214. The summed E-state index contributed by atoms with van der Waals surface area (Å²) in [7, 11) is 0. The van der Waals surface area contributed by atoms with E-state index in [9.17, 15) is 24.6 Å². The smallest absolute Gasteiger partial charge is 0.309 e. The summed E-state index contributed by atoms with van der Waals surface area (Å²) < 4.78 is 17.2. The third kappa shape index (κ3) is 5.66. The fourth-order valence-electron chi connectivity index (χ4n) is 13.3. The van der Waals surface area contributed by atoms with Gasteiger partial charge in [0, 0.05) is 35.5 Å². The van der Waals surface area contributed by atoms with Crippen LogP contribution in [0.2, 0.25) is 0 Å². The van der Waals surface area contributed by atoms with Crippen molar-refractivity contribution in [2.75, 3.05) is 18.7 Å². The first-order valence-corrected chi connectivity index (χ1v) is 20.2. The van der Waals surface area contributed by atoms with Gasteiger partial charge in [-0.3, -0.25) is 14.4 Å². The Labute approximate surface area is 316 Å². The van der Waals surface area contributed by atoms with Crippen molar-refractivity contribution >= 4 is 23.4 Å². The van der Waals surface area contributed by atoms with E-state index in [0.29, 0.717) is 30.6 Å². The number of aliphatic hydroxyl groups excluding tert-OH is 1. The van der Waals surface area contributed by atoms with Gasteiger partial charge in [-0.25, -0.2) is 0 Å². The summed E-state index contributed by atoms with van der Waals surface area (Å²) in [5, 5.41) is 25.3. The minimum absolute atomic E-state index is 0.0339. The van der Waals surface area contributed by atoms with Crippen LogP contribution in [0, 0.1) is 56.2 Å². The summed E-state index contributed by atoms with van der Waals surface area (Å²) in [4.78, 5) is 38.9. The van der Waals surface area contributed by atoms with Gasteiger partial charge in [0.25, 0.3) is 0 Å². The molecule has 0 aromatic heterocycles. The number of ketones is 1. The van der Waals surface area contributed by atoms with Gasteiger partial charge in [0.15, 0.2) is 17.3 Å². The average molecular weight is 734 g/mol. The van der Waals surface area contributed by atoms with Gasteiger partial charge in [-0.2, -0.15) is 0 Å². The number of carbonyl (C=O) groups excluding carboxylic acids is 2. The normalized spacial score (nSPS) is 37.7. The topological polar surface area (TPSA) is 131 Å². The maximum absolute atomic E-state index is 14.1. The summed E-state index contributed by atoms with van der Waals surface area (Å²) in [5.41, 5.74) is 1.15. The van der Waals surface area contributed by atoms with Crippen LogP contribution in [0.1, 0.15) is 127 Å². The number of anilines is 1. The number of carboxylic acid groups (broad SMARTS) is 1. The van der Waals surface area contributed by atoms with Crippen molar-refractivity contribution in [1.29, 1.82) is 0 Å². The lowest BCUT2D eigenvalue weighted by molar-refractivity contribution is -0.235. The number of hydrogen-bond donors (Lipinski definition) is 3. The van der Waals surface area contributed by atoms with Gasteiger partial charge in [-0.15, -0.1) is 0 Å². The number of aliphatic carboxylic acids is 1. The zero-order chi connectivity index (χ0) is 38.5. The Balaban J connectivity index is 1.15. The highest BCUT2D eigenvalue weighted by Crippen LogP contribution is 2.77. The second-order valence-electron chi connectivity index (χ2n) is 20.0. The zero-order valence-corrected chi connectivity index (χ0v) is 33.5. The number of aliphatic hydroxyl groups is 1. The van der Waals surface area contributed by atoms with Crippen molar-refractivity contribution < 1.29 is 38.8 Å². The van der Waals surface area contributed by atoms with Gasteiger partial charge < -0.3 is 29.7 Å². The maximum atomic E-state index is 14.1. The third-order valence-electron chi connectivity index (χ3n) is 16.4. The van der Waals surface area contributed by atoms with E-state index in [-0.39, 0.29) is 58.6 Å². The largest absolute Gasteiger partial charge is 0.481 e. The molecule has 5 aliphatic carbocycles. The molecule has 1 aliphatic heterocycles. The molecule has 3 N–H and O–H groups in total. The molecule has 292 valence electrons. The van der Waals surface area contributed by atoms with Crippen LogP contribution in [-0.4, -0.2) is 53.5 Å². The van der Waals surface area contributed by atoms with E-state index >= 15 is 0 Å². The van der Waals surface area contributed by atoms with Crippen LogP contribution in [0.5, 0.6) is 11.5 Å². The average Bonchev–Trinajstić information content (AvgIpc) is 3.67. The molecular formula is C44H63NO8. The predicted octanol–water partition coefficient (Wildman–Crippen LogP) is 8.58. The predicted molar refractivity (Wildman–Crippen MR) is 202 cm³/mol. The molecule has 9 unspecified atom stereocenters. The molecule has 53 heavy (non-hydrogen) atoms. The van der Waals surface area contributed by atoms with E-state index in [1.165, 1.54) is 5.57 Å². The number of allylic oxidation sites excluding steroid dienone is 1. The third-order valence-corrected chi connectivity index (χ3v) is 16.4. The minimum Gasteiger partial charge on any atom is -0.481 e. The van der Waals surface area contributed by atoms with E-state index in [1.807, 2.05) is 18.2 Å². The molecule has 9 nitrogen and oxygen atoms in total. The molecule has 9 heteroatoms. The van der Waals surface area contributed by atoms with Crippen molar-refractivity contribution in [2.45, 2.75) is 139 Å². The number of hydrogen-bond acceptors (Lipinski definition) is 8. The molecular weight excluding hydrogens is 670 g/mol. The molecule has 4 fully saturated rings. The Morgan fingerprint density at radius 3 is 2.36 bits per heavy atom. The highest BCUT2D eigenvalue weighted by Gasteiger charge is 2.70. The van der Waals surface area contributed by atoms with Crippen LogP contribution in [0.3, 0.4) is 0 Å². The van der Waals surface area contributed by atoms with Gasteiger partial charge in [0.05, 0.1) is 17.9 Å². The zero-order valence-electron chi connectivity index (χ0n) is 33.5. The number of esters is 1. The Kier molecular flexibility index (Phi) is 9.19. The van der Waals surface area contributed by atoms with Gasteiger partial charge in [0.2, 0.25) is 6.79 Å². The van der Waals surface area contributed by atoms with E-state index in [0.717, 1.165) is 68.4 Å². The number of benzene rings is 1. The number of ether oxygens (including phenoxy) is 3. The van der Waals surface area contributed by atoms with Crippen molar-refractivity contribution in [2.24, 2.45) is 56.2 Å². The highest BCUT2D eigenvalue weighted by molar-refractivity contribution is 6.00. The van der Waals surface area contributed by atoms with Crippen molar-refractivity contribution in [3.05, 3.63) is 29.3 Å². The summed E-state index contributed by atoms with van der Waals surface area (Å²) in [6.07, 6.45) is 6.96. The van der Waals surface area contributed by atoms with Crippen LogP contribution in [-0.2, 0) is 19.1 Å². The summed E-state index contributed by atoms with van der Waals surface area (Å²) in [6.45, 7) is 20.1. The molecule has 7 rings (SSSR count). The number of rotatable bonds is 9. The molecule has 0 amide bonds. The lowest BCUT2D eigenvalue weighted by Gasteiger charge is -2.72. The van der Waals surface area contributed by atoms with Crippen molar-refractivity contribution in [3.63, 3.8) is 0 Å². The van der Waals surface area contributed by atoms with E-state index in [2.05, 4.69) is 53.8 Å². The molecule has 1 heterocycles. The summed E-state index contributed by atoms with van der Waals surface area (Å²) >= 11 is 0. The maximum Gasteiger partial charge on any atom is 0.309 e. The molecule has 0 bridgehead atoms. The monoisotopic (exact) mass is 733 g/mol. The second-order valence-corrected chi connectivity index (χ2v) is 20.0. The Morgan fingerprint density at radius 2 is 1.66 bits per heavy atom. The fourth-order valence-corrected chi connectivity index (χ4v) is 13.3. The van der Waals surface area contributed by atoms with Crippen molar-refractivity contribution in [1.82, 2.24) is 0 Å². The van der Waals surface area contributed by atoms with Crippen LogP contribution in [0.4, 0.5) is 5.69 Å². The number of fused-ring (bicyclic) bond motifs is 8. The minimum atomic E-state index is -1.17. The molecule has 4 saturated carbocycles. The Morgan fingerprint density at radius 1 is 0.943 bits per heavy atom. The summed E-state index contributed by atoms with van der Waals surface area (Å²) in [5.74, 6) is 1.36. The standard InChI is InChI=1S/C44H63NO8/c1-25(2)36-28(46)21-44(33(47)23-45-26-10-12-29-30(20-26)52-24-51-29)19-18-42(8)27(37(36)44)11-13-32-41(7)16-15-34(53-35(48)22-39(3,4)38(49)50)40(5,6)31(41)14-17-43(32,42)9/h10,12,20,25,27,31-34,45,47H,11,13-19,21-24H2,1-9H3,(H,49,50). The number of carbonyl (C=O) groups is 3. The molecule has 0 saturated heterocycles. The fraction of sp³-hybridized carbons (Fsp3) is 0.750. The molecule has 0 radical (unpaired) electrons.